The Morgan fingerprint density at radius 2 is 1.87 bits per heavy atom. The molecule has 0 aliphatic heterocycles. The highest BCUT2D eigenvalue weighted by atomic mass is 79.9. The van der Waals surface area contributed by atoms with Crippen molar-refractivity contribution in [1.29, 1.82) is 0 Å². The zero-order valence-electron chi connectivity index (χ0n) is 15.5. The Hall–Kier alpha value is -1.76. The summed E-state index contributed by atoms with van der Waals surface area (Å²) < 4.78 is 74.3. The lowest BCUT2D eigenvalue weighted by Gasteiger charge is -2.18. The van der Waals surface area contributed by atoms with Gasteiger partial charge < -0.3 is 9.47 Å². The number of ether oxygens (including phenoxy) is 2. The van der Waals surface area contributed by atoms with Crippen LogP contribution in [0.15, 0.2) is 57.9 Å². The molecule has 0 bridgehead atoms. The SMILES string of the molecule is COC(=O)[C@H](CSCc1ccccc1)NS(=O)(=O)c1ccc(Br)cc1OC(F)(F)F. The quantitative estimate of drug-likeness (QED) is 0.494. The predicted octanol–water partition coefficient (Wildman–Crippen LogP) is 4.10. The van der Waals surface area contributed by atoms with Crippen LogP contribution in [0.3, 0.4) is 0 Å². The highest BCUT2D eigenvalue weighted by Gasteiger charge is 2.35. The van der Waals surface area contributed by atoms with E-state index in [4.69, 9.17) is 0 Å². The second-order valence-electron chi connectivity index (χ2n) is 5.84. The number of methoxy groups -OCH3 is 1. The standard InChI is InChI=1S/C18H17BrF3NO5S2/c1-27-17(24)14(11-29-10-12-5-3-2-4-6-12)23-30(25,26)16-8-7-13(19)9-15(16)28-18(20,21)22/h2-9,14,23H,10-11H2,1H3/t14-/m0/s1. The van der Waals surface area contributed by atoms with Crippen LogP contribution in [-0.2, 0) is 25.3 Å². The molecular weight excluding hydrogens is 511 g/mol. The van der Waals surface area contributed by atoms with E-state index in [9.17, 15) is 26.4 Å². The maximum atomic E-state index is 12.7. The van der Waals surface area contributed by atoms with Crippen molar-refractivity contribution in [2.24, 2.45) is 0 Å². The molecule has 30 heavy (non-hydrogen) atoms. The first-order chi connectivity index (χ1) is 14.0. The summed E-state index contributed by atoms with van der Waals surface area (Å²) in [6.45, 7) is 0. The molecule has 0 amide bonds. The van der Waals surface area contributed by atoms with Crippen molar-refractivity contribution in [3.63, 3.8) is 0 Å². The van der Waals surface area contributed by atoms with Crippen molar-refractivity contribution >= 4 is 43.7 Å². The Morgan fingerprint density at radius 3 is 2.47 bits per heavy atom. The Labute approximate surface area is 184 Å². The van der Waals surface area contributed by atoms with Gasteiger partial charge in [0.1, 0.15) is 10.9 Å². The van der Waals surface area contributed by atoms with Crippen LogP contribution in [0.1, 0.15) is 5.56 Å². The number of nitrogens with one attached hydrogen (secondary N) is 1. The number of carbonyl (C=O) groups excluding carboxylic acids is 1. The highest BCUT2D eigenvalue weighted by Crippen LogP contribution is 2.32. The fraction of sp³-hybridized carbons (Fsp3) is 0.278. The molecule has 0 saturated carbocycles. The molecule has 0 aliphatic carbocycles. The van der Waals surface area contributed by atoms with Gasteiger partial charge in [-0.1, -0.05) is 46.3 Å². The van der Waals surface area contributed by atoms with E-state index in [1.165, 1.54) is 17.8 Å². The second-order valence-corrected chi connectivity index (χ2v) is 9.46. The number of sulfonamides is 1. The summed E-state index contributed by atoms with van der Waals surface area (Å²) in [6.07, 6.45) is -5.10. The minimum Gasteiger partial charge on any atom is -0.468 e. The van der Waals surface area contributed by atoms with Crippen LogP contribution in [0.4, 0.5) is 13.2 Å². The number of alkyl halides is 3. The molecule has 12 heteroatoms. The number of carbonyl (C=O) groups is 1. The minimum atomic E-state index is -5.10. The van der Waals surface area contributed by atoms with Crippen LogP contribution >= 0.6 is 27.7 Å². The molecule has 0 radical (unpaired) electrons. The molecule has 0 unspecified atom stereocenters. The van der Waals surface area contributed by atoms with Gasteiger partial charge in [0.05, 0.1) is 7.11 Å². The number of hydrogen-bond acceptors (Lipinski definition) is 6. The number of benzene rings is 2. The Balaban J connectivity index is 2.21. The van der Waals surface area contributed by atoms with E-state index in [1.807, 2.05) is 30.3 Å². The van der Waals surface area contributed by atoms with E-state index < -0.39 is 39.0 Å². The zero-order valence-corrected chi connectivity index (χ0v) is 18.7. The summed E-state index contributed by atoms with van der Waals surface area (Å²) in [6, 6.07) is 11.0. The lowest BCUT2D eigenvalue weighted by molar-refractivity contribution is -0.275. The van der Waals surface area contributed by atoms with Gasteiger partial charge in [-0.15, -0.1) is 13.2 Å². The maximum Gasteiger partial charge on any atom is 0.573 e. The third-order valence-electron chi connectivity index (χ3n) is 3.60. The van der Waals surface area contributed by atoms with Gasteiger partial charge in [-0.05, 0) is 23.8 Å². The molecule has 0 aromatic heterocycles. The summed E-state index contributed by atoms with van der Waals surface area (Å²) in [5.41, 5.74) is 0.961. The molecule has 0 saturated heterocycles. The van der Waals surface area contributed by atoms with Crippen LogP contribution in [0, 0.1) is 0 Å². The van der Waals surface area contributed by atoms with Gasteiger partial charge in [0.25, 0.3) is 0 Å². The summed E-state index contributed by atoms with van der Waals surface area (Å²) in [5, 5.41) is 0. The van der Waals surface area contributed by atoms with Gasteiger partial charge in [0.2, 0.25) is 10.0 Å². The summed E-state index contributed by atoms with van der Waals surface area (Å²) in [5.74, 6) is -1.29. The van der Waals surface area contributed by atoms with E-state index >= 15 is 0 Å². The molecule has 0 spiro atoms. The summed E-state index contributed by atoms with van der Waals surface area (Å²) in [4.78, 5) is 11.3. The maximum absolute atomic E-state index is 12.7. The first-order valence-electron chi connectivity index (χ1n) is 8.29. The zero-order chi connectivity index (χ0) is 22.4. The van der Waals surface area contributed by atoms with Crippen molar-refractivity contribution in [2.45, 2.75) is 23.1 Å². The largest absolute Gasteiger partial charge is 0.573 e. The van der Waals surface area contributed by atoms with Crippen molar-refractivity contribution in [2.75, 3.05) is 12.9 Å². The molecule has 0 aliphatic rings. The van der Waals surface area contributed by atoms with Crippen LogP contribution in [0.25, 0.3) is 0 Å². The highest BCUT2D eigenvalue weighted by molar-refractivity contribution is 9.10. The van der Waals surface area contributed by atoms with Crippen molar-refractivity contribution < 1.29 is 35.9 Å². The monoisotopic (exact) mass is 527 g/mol. The van der Waals surface area contributed by atoms with E-state index in [2.05, 4.69) is 30.1 Å². The molecule has 1 atom stereocenters. The van der Waals surface area contributed by atoms with Crippen LogP contribution in [0.2, 0.25) is 0 Å². The first-order valence-corrected chi connectivity index (χ1v) is 11.7. The lowest BCUT2D eigenvalue weighted by atomic mass is 10.2. The fourth-order valence-corrected chi connectivity index (χ4v) is 5.06. The van der Waals surface area contributed by atoms with E-state index in [1.54, 1.807) is 0 Å². The van der Waals surface area contributed by atoms with E-state index in [0.717, 1.165) is 24.8 Å². The number of halogens is 4. The molecule has 0 fully saturated rings. The second kappa shape index (κ2) is 10.5. The average Bonchev–Trinajstić information content (AvgIpc) is 2.66. The number of esters is 1. The number of rotatable bonds is 9. The topological polar surface area (TPSA) is 81.7 Å². The number of thioether (sulfide) groups is 1. The third kappa shape index (κ3) is 7.49. The molecule has 6 nitrogen and oxygen atoms in total. The van der Waals surface area contributed by atoms with E-state index in [0.29, 0.717) is 5.75 Å². The normalized spacial score (nSPS) is 13.0. The summed E-state index contributed by atoms with van der Waals surface area (Å²) in [7, 11) is -3.45. The smallest absolute Gasteiger partial charge is 0.468 e. The van der Waals surface area contributed by atoms with Crippen molar-refractivity contribution in [1.82, 2.24) is 4.72 Å². The predicted molar refractivity (Wildman–Crippen MR) is 110 cm³/mol. The van der Waals surface area contributed by atoms with Crippen molar-refractivity contribution in [3.8, 4) is 5.75 Å². The van der Waals surface area contributed by atoms with E-state index in [-0.39, 0.29) is 10.2 Å². The Kier molecular flexibility index (Phi) is 8.59. The van der Waals surface area contributed by atoms with Crippen LogP contribution < -0.4 is 9.46 Å². The van der Waals surface area contributed by atoms with Crippen LogP contribution in [0.5, 0.6) is 5.75 Å². The first kappa shape index (κ1) is 24.5. The Bertz CT molecular complexity index is 972. The van der Waals surface area contributed by atoms with Gasteiger partial charge in [-0.25, -0.2) is 8.42 Å². The Morgan fingerprint density at radius 1 is 1.20 bits per heavy atom. The molecule has 2 aromatic rings. The summed E-state index contributed by atoms with van der Waals surface area (Å²) >= 11 is 4.24. The van der Waals surface area contributed by atoms with Gasteiger partial charge in [0.15, 0.2) is 5.75 Å². The average molecular weight is 528 g/mol. The molecule has 0 heterocycles. The molecular formula is C18H17BrF3NO5S2. The number of hydrogen-bond donors (Lipinski definition) is 1. The molecule has 164 valence electrons. The van der Waals surface area contributed by atoms with Gasteiger partial charge in [0, 0.05) is 16.0 Å². The van der Waals surface area contributed by atoms with Gasteiger partial charge >= 0.3 is 12.3 Å². The third-order valence-corrected chi connectivity index (χ3v) is 6.71. The van der Waals surface area contributed by atoms with Gasteiger partial charge in [-0.2, -0.15) is 16.5 Å². The fourth-order valence-electron chi connectivity index (χ4n) is 2.32. The minimum absolute atomic E-state index is 0.00673. The van der Waals surface area contributed by atoms with Crippen molar-refractivity contribution in [3.05, 3.63) is 58.6 Å². The van der Waals surface area contributed by atoms with Crippen LogP contribution in [-0.4, -0.2) is 39.7 Å². The molecule has 2 rings (SSSR count). The van der Waals surface area contributed by atoms with Gasteiger partial charge in [-0.3, -0.25) is 4.79 Å². The lowest BCUT2D eigenvalue weighted by Crippen LogP contribution is -2.43. The molecule has 1 N–H and O–H groups in total. The molecule has 2 aromatic carbocycles.